The molecule has 0 aromatic carbocycles. The Bertz CT molecular complexity index is 231. The fraction of sp³-hybridized carbons (Fsp3) is 1.00. The zero-order chi connectivity index (χ0) is 11.7. The van der Waals surface area contributed by atoms with Crippen LogP contribution in [0.1, 0.15) is 57.8 Å². The predicted octanol–water partition coefficient (Wildman–Crippen LogP) is 2.77. The number of nitrogens with two attached hydrogens (primary N) is 1. The summed E-state index contributed by atoms with van der Waals surface area (Å²) in [5.41, 5.74) is 6.31. The highest BCUT2D eigenvalue weighted by molar-refractivity contribution is 4.97. The molecule has 2 heteroatoms. The molecule has 1 saturated heterocycles. The Kier molecular flexibility index (Phi) is 3.72. The molecule has 0 aromatic rings. The topological polar surface area (TPSA) is 29.3 Å². The second-order valence-electron chi connectivity index (χ2n) is 6.63. The normalized spacial score (nSPS) is 41.1. The van der Waals surface area contributed by atoms with Crippen molar-refractivity contribution in [3.05, 3.63) is 0 Å². The van der Waals surface area contributed by atoms with Crippen LogP contribution in [0.4, 0.5) is 0 Å². The standard InChI is InChI=1S/C15H28N2/c16-15-12-8-9-13(15)11-17(10-12)14-6-4-2-1-3-5-7-14/h12-15H,1-11,16H2/t12-,13?,15-/m0/s1. The summed E-state index contributed by atoms with van der Waals surface area (Å²) in [5, 5.41) is 0. The van der Waals surface area contributed by atoms with Crippen molar-refractivity contribution in [2.45, 2.75) is 69.9 Å². The molecule has 98 valence electrons. The van der Waals surface area contributed by atoms with Crippen LogP contribution in [-0.2, 0) is 0 Å². The monoisotopic (exact) mass is 236 g/mol. The van der Waals surface area contributed by atoms with Gasteiger partial charge in [0.25, 0.3) is 0 Å². The Balaban J connectivity index is 1.60. The van der Waals surface area contributed by atoms with E-state index in [0.29, 0.717) is 6.04 Å². The number of hydrogen-bond acceptors (Lipinski definition) is 2. The Labute approximate surface area is 106 Å². The van der Waals surface area contributed by atoms with Crippen molar-refractivity contribution in [2.75, 3.05) is 13.1 Å². The predicted molar refractivity (Wildman–Crippen MR) is 71.9 cm³/mol. The fourth-order valence-corrected chi connectivity index (χ4v) is 4.40. The van der Waals surface area contributed by atoms with E-state index < -0.39 is 0 Å². The Morgan fingerprint density at radius 2 is 1.24 bits per heavy atom. The molecule has 2 saturated carbocycles. The van der Waals surface area contributed by atoms with Gasteiger partial charge in [-0.15, -0.1) is 0 Å². The first kappa shape index (κ1) is 12.0. The van der Waals surface area contributed by atoms with Crippen molar-refractivity contribution in [1.29, 1.82) is 0 Å². The van der Waals surface area contributed by atoms with Gasteiger partial charge in [-0.25, -0.2) is 0 Å². The molecule has 1 aliphatic heterocycles. The summed E-state index contributed by atoms with van der Waals surface area (Å²) < 4.78 is 0. The second kappa shape index (κ2) is 5.27. The van der Waals surface area contributed by atoms with E-state index in [1.54, 1.807) is 0 Å². The van der Waals surface area contributed by atoms with Crippen molar-refractivity contribution in [2.24, 2.45) is 17.6 Å². The largest absolute Gasteiger partial charge is 0.327 e. The molecule has 2 N–H and O–H groups in total. The van der Waals surface area contributed by atoms with E-state index in [9.17, 15) is 0 Å². The number of rotatable bonds is 1. The molecular formula is C15H28N2. The Morgan fingerprint density at radius 3 is 1.82 bits per heavy atom. The quantitative estimate of drug-likeness (QED) is 0.758. The van der Waals surface area contributed by atoms with Crippen molar-refractivity contribution in [1.82, 2.24) is 4.90 Å². The highest BCUT2D eigenvalue weighted by atomic mass is 15.2. The molecule has 0 amide bonds. The first-order valence-corrected chi connectivity index (χ1v) is 7.84. The third kappa shape index (κ3) is 2.53. The molecule has 17 heavy (non-hydrogen) atoms. The van der Waals surface area contributed by atoms with E-state index in [0.717, 1.165) is 17.9 Å². The lowest BCUT2D eigenvalue weighted by molar-refractivity contribution is 0.0865. The fourth-order valence-electron chi connectivity index (χ4n) is 4.40. The summed E-state index contributed by atoms with van der Waals surface area (Å²) in [6, 6.07) is 1.42. The minimum absolute atomic E-state index is 0.528. The van der Waals surface area contributed by atoms with Gasteiger partial charge in [0.1, 0.15) is 0 Å². The molecule has 2 aliphatic carbocycles. The van der Waals surface area contributed by atoms with E-state index in [1.807, 2.05) is 0 Å². The zero-order valence-corrected chi connectivity index (χ0v) is 11.1. The highest BCUT2D eigenvalue weighted by Gasteiger charge is 2.41. The van der Waals surface area contributed by atoms with Crippen LogP contribution < -0.4 is 5.73 Å². The molecule has 3 aliphatic rings. The summed E-state index contributed by atoms with van der Waals surface area (Å²) in [6.45, 7) is 2.62. The van der Waals surface area contributed by atoms with Crippen molar-refractivity contribution in [3.63, 3.8) is 0 Å². The minimum atomic E-state index is 0.528. The van der Waals surface area contributed by atoms with Crippen molar-refractivity contribution >= 4 is 0 Å². The molecule has 3 fully saturated rings. The molecule has 3 atom stereocenters. The molecule has 2 bridgehead atoms. The van der Waals surface area contributed by atoms with Gasteiger partial charge in [-0.1, -0.05) is 32.1 Å². The molecule has 1 heterocycles. The third-order valence-corrected chi connectivity index (χ3v) is 5.53. The maximum Gasteiger partial charge on any atom is 0.0120 e. The Hall–Kier alpha value is -0.0800. The van der Waals surface area contributed by atoms with Crippen LogP contribution >= 0.6 is 0 Å². The molecule has 2 nitrogen and oxygen atoms in total. The summed E-state index contributed by atoms with van der Waals surface area (Å²) >= 11 is 0. The number of fused-ring (bicyclic) bond motifs is 2. The van der Waals surface area contributed by atoms with Crippen molar-refractivity contribution < 1.29 is 0 Å². The average Bonchev–Trinajstić information content (AvgIpc) is 2.50. The van der Waals surface area contributed by atoms with Gasteiger partial charge in [0, 0.05) is 25.2 Å². The lowest BCUT2D eigenvalue weighted by atomic mass is 9.89. The Morgan fingerprint density at radius 1 is 0.706 bits per heavy atom. The molecule has 0 spiro atoms. The molecule has 0 aromatic heterocycles. The van der Waals surface area contributed by atoms with E-state index in [4.69, 9.17) is 5.73 Å². The van der Waals surface area contributed by atoms with Crippen LogP contribution in [0, 0.1) is 11.8 Å². The maximum absolute atomic E-state index is 6.31. The second-order valence-corrected chi connectivity index (χ2v) is 6.63. The van der Waals surface area contributed by atoms with Crippen LogP contribution in [0.25, 0.3) is 0 Å². The van der Waals surface area contributed by atoms with Crippen LogP contribution in [0.3, 0.4) is 0 Å². The van der Waals surface area contributed by atoms with Gasteiger partial charge in [0.15, 0.2) is 0 Å². The lowest BCUT2D eigenvalue weighted by Crippen LogP contribution is -2.52. The van der Waals surface area contributed by atoms with Crippen LogP contribution in [0.15, 0.2) is 0 Å². The van der Waals surface area contributed by atoms with Gasteiger partial charge in [0.05, 0.1) is 0 Å². The molecule has 0 radical (unpaired) electrons. The molecule has 3 rings (SSSR count). The van der Waals surface area contributed by atoms with Gasteiger partial charge in [-0.3, -0.25) is 4.90 Å². The maximum atomic E-state index is 6.31. The van der Waals surface area contributed by atoms with Gasteiger partial charge in [-0.2, -0.15) is 0 Å². The van der Waals surface area contributed by atoms with Gasteiger partial charge >= 0.3 is 0 Å². The number of nitrogens with zero attached hydrogens (tertiary/aromatic N) is 1. The summed E-state index contributed by atoms with van der Waals surface area (Å²) in [7, 11) is 0. The van der Waals surface area contributed by atoms with Crippen LogP contribution in [0.2, 0.25) is 0 Å². The summed E-state index contributed by atoms with van der Waals surface area (Å²) in [4.78, 5) is 2.82. The minimum Gasteiger partial charge on any atom is -0.327 e. The zero-order valence-electron chi connectivity index (χ0n) is 11.1. The number of piperidine rings is 1. The van der Waals surface area contributed by atoms with Gasteiger partial charge in [0.2, 0.25) is 0 Å². The SMILES string of the molecule is N[C@@H]1C2CC[C@H]1CN(C1CCCCCCC1)C2. The number of likely N-dealkylation sites (tertiary alicyclic amines) is 1. The van der Waals surface area contributed by atoms with Crippen LogP contribution in [0.5, 0.6) is 0 Å². The van der Waals surface area contributed by atoms with Crippen molar-refractivity contribution in [3.8, 4) is 0 Å². The van der Waals surface area contributed by atoms with E-state index in [1.165, 1.54) is 70.9 Å². The molecular weight excluding hydrogens is 208 g/mol. The highest BCUT2D eigenvalue weighted by Crippen LogP contribution is 2.37. The number of hydrogen-bond donors (Lipinski definition) is 1. The van der Waals surface area contributed by atoms with E-state index >= 15 is 0 Å². The van der Waals surface area contributed by atoms with Crippen LogP contribution in [-0.4, -0.2) is 30.1 Å². The van der Waals surface area contributed by atoms with Gasteiger partial charge in [-0.05, 0) is 37.5 Å². The van der Waals surface area contributed by atoms with E-state index in [-0.39, 0.29) is 0 Å². The van der Waals surface area contributed by atoms with Gasteiger partial charge < -0.3 is 5.73 Å². The lowest BCUT2D eigenvalue weighted by Gasteiger charge is -2.41. The smallest absolute Gasteiger partial charge is 0.0120 e. The third-order valence-electron chi connectivity index (χ3n) is 5.53. The first-order chi connectivity index (χ1) is 8.34. The molecule has 1 unspecified atom stereocenters. The average molecular weight is 236 g/mol. The van der Waals surface area contributed by atoms with E-state index in [2.05, 4.69) is 4.90 Å². The first-order valence-electron chi connectivity index (χ1n) is 7.84. The summed E-state index contributed by atoms with van der Waals surface area (Å²) in [5.74, 6) is 1.64. The summed E-state index contributed by atoms with van der Waals surface area (Å²) in [6.07, 6.45) is 13.0.